The second-order valence-electron chi connectivity index (χ2n) is 6.60. The Morgan fingerprint density at radius 1 is 1.26 bits per heavy atom. The van der Waals surface area contributed by atoms with Crippen molar-refractivity contribution in [3.05, 3.63) is 0 Å². The van der Waals surface area contributed by atoms with E-state index in [2.05, 4.69) is 19.2 Å². The normalized spacial score (nSPS) is 30.1. The van der Waals surface area contributed by atoms with Crippen molar-refractivity contribution in [3.63, 3.8) is 0 Å². The maximum absolute atomic E-state index is 12.2. The Labute approximate surface area is 114 Å². The molecule has 0 bridgehead atoms. The zero-order chi connectivity index (χ0) is 14.0. The van der Waals surface area contributed by atoms with Crippen molar-refractivity contribution in [1.82, 2.24) is 10.2 Å². The molecule has 108 valence electrons. The first-order valence-corrected chi connectivity index (χ1v) is 7.19. The van der Waals surface area contributed by atoms with E-state index in [-0.39, 0.29) is 17.5 Å². The van der Waals surface area contributed by atoms with Crippen LogP contribution in [0.4, 0.5) is 4.79 Å². The first-order valence-electron chi connectivity index (χ1n) is 7.19. The van der Waals surface area contributed by atoms with Crippen molar-refractivity contribution in [3.8, 4) is 0 Å². The summed E-state index contributed by atoms with van der Waals surface area (Å²) in [5.74, 6) is -0.892. The van der Waals surface area contributed by atoms with Gasteiger partial charge in [0.25, 0.3) is 0 Å². The summed E-state index contributed by atoms with van der Waals surface area (Å²) in [5.41, 5.74) is 0.271. The van der Waals surface area contributed by atoms with Crippen LogP contribution in [0.25, 0.3) is 0 Å². The fourth-order valence-electron chi connectivity index (χ4n) is 3.35. The number of hydrogen-bond acceptors (Lipinski definition) is 2. The minimum absolute atomic E-state index is 0.186. The van der Waals surface area contributed by atoms with Crippen LogP contribution < -0.4 is 5.32 Å². The summed E-state index contributed by atoms with van der Waals surface area (Å²) >= 11 is 0. The first kappa shape index (κ1) is 14.2. The number of carboxylic acid groups (broad SMARTS) is 1. The number of nitrogens with zero attached hydrogens (tertiary/aromatic N) is 1. The van der Waals surface area contributed by atoms with Crippen molar-refractivity contribution in [2.45, 2.75) is 64.5 Å². The molecule has 1 aliphatic heterocycles. The molecule has 1 saturated carbocycles. The number of carboxylic acids is 1. The highest BCUT2D eigenvalue weighted by molar-refractivity contribution is 5.83. The molecular weight excluding hydrogens is 244 g/mol. The molecule has 1 aliphatic carbocycles. The van der Waals surface area contributed by atoms with Gasteiger partial charge in [-0.25, -0.2) is 9.59 Å². The Kier molecular flexibility index (Phi) is 4.02. The summed E-state index contributed by atoms with van der Waals surface area (Å²) in [7, 11) is 0. The molecule has 0 aromatic rings. The van der Waals surface area contributed by atoms with Crippen molar-refractivity contribution in [2.75, 3.05) is 6.54 Å². The fourth-order valence-corrected chi connectivity index (χ4v) is 3.35. The molecule has 2 rings (SSSR count). The molecule has 1 saturated heterocycles. The second kappa shape index (κ2) is 5.39. The van der Waals surface area contributed by atoms with E-state index in [0.29, 0.717) is 13.0 Å². The van der Waals surface area contributed by atoms with Gasteiger partial charge in [0.1, 0.15) is 6.04 Å². The van der Waals surface area contributed by atoms with E-state index in [1.807, 2.05) is 0 Å². The Morgan fingerprint density at radius 3 is 2.63 bits per heavy atom. The highest BCUT2D eigenvalue weighted by Gasteiger charge is 2.36. The molecule has 0 radical (unpaired) electrons. The largest absolute Gasteiger partial charge is 0.480 e. The average Bonchev–Trinajstić information content (AvgIpc) is 2.76. The van der Waals surface area contributed by atoms with Gasteiger partial charge in [0.2, 0.25) is 0 Å². The van der Waals surface area contributed by atoms with Crippen LogP contribution in [0.5, 0.6) is 0 Å². The number of aliphatic carboxylic acids is 1. The Bertz CT molecular complexity index is 368. The van der Waals surface area contributed by atoms with Gasteiger partial charge in [0.05, 0.1) is 0 Å². The van der Waals surface area contributed by atoms with Gasteiger partial charge in [0, 0.05) is 12.6 Å². The summed E-state index contributed by atoms with van der Waals surface area (Å²) in [6, 6.07) is -0.657. The molecule has 0 aromatic carbocycles. The van der Waals surface area contributed by atoms with Crippen LogP contribution in [-0.2, 0) is 4.79 Å². The Morgan fingerprint density at radius 2 is 2.00 bits per heavy atom. The van der Waals surface area contributed by atoms with Gasteiger partial charge in [-0.3, -0.25) is 0 Å². The van der Waals surface area contributed by atoms with E-state index in [9.17, 15) is 9.59 Å². The number of nitrogens with one attached hydrogen (secondary N) is 1. The zero-order valence-corrected chi connectivity index (χ0v) is 11.8. The third-order valence-electron chi connectivity index (χ3n) is 4.33. The number of hydrogen-bond donors (Lipinski definition) is 2. The number of amides is 2. The van der Waals surface area contributed by atoms with Gasteiger partial charge in [-0.05, 0) is 37.5 Å². The summed E-state index contributed by atoms with van der Waals surface area (Å²) in [4.78, 5) is 24.8. The second-order valence-corrected chi connectivity index (χ2v) is 6.60. The highest BCUT2D eigenvalue weighted by atomic mass is 16.4. The van der Waals surface area contributed by atoms with E-state index in [1.54, 1.807) is 0 Å². The number of likely N-dealkylation sites (tertiary alicyclic amines) is 1. The molecule has 0 spiro atoms. The minimum Gasteiger partial charge on any atom is -0.480 e. The van der Waals surface area contributed by atoms with Gasteiger partial charge in [-0.1, -0.05) is 20.3 Å². The predicted octanol–water partition coefficient (Wildman–Crippen LogP) is 2.21. The van der Waals surface area contributed by atoms with Crippen LogP contribution in [0.3, 0.4) is 0 Å². The van der Waals surface area contributed by atoms with E-state index in [4.69, 9.17) is 5.11 Å². The molecule has 19 heavy (non-hydrogen) atoms. The van der Waals surface area contributed by atoms with Gasteiger partial charge in [0.15, 0.2) is 0 Å². The molecule has 1 unspecified atom stereocenters. The molecule has 2 N–H and O–H groups in total. The maximum atomic E-state index is 12.2. The van der Waals surface area contributed by atoms with Crippen LogP contribution in [0, 0.1) is 5.41 Å². The number of rotatable bonds is 2. The predicted molar refractivity (Wildman–Crippen MR) is 71.9 cm³/mol. The molecule has 2 atom stereocenters. The third kappa shape index (κ3) is 3.39. The molecule has 5 nitrogen and oxygen atoms in total. The van der Waals surface area contributed by atoms with Crippen molar-refractivity contribution in [1.29, 1.82) is 0 Å². The average molecular weight is 268 g/mol. The summed E-state index contributed by atoms with van der Waals surface area (Å²) in [5, 5.41) is 12.1. The number of urea groups is 1. The highest BCUT2D eigenvalue weighted by Crippen LogP contribution is 2.35. The zero-order valence-electron chi connectivity index (χ0n) is 11.8. The van der Waals surface area contributed by atoms with E-state index in [1.165, 1.54) is 11.3 Å². The molecular formula is C14H24N2O3. The summed E-state index contributed by atoms with van der Waals surface area (Å²) in [6.07, 6.45) is 5.64. The lowest BCUT2D eigenvalue weighted by atomic mass is 9.75. The smallest absolute Gasteiger partial charge is 0.326 e. The standard InChI is InChI=1S/C14H24N2O3/c1-14(2)7-3-5-10(9-14)15-13(19)16-8-4-6-11(16)12(17)18/h10-11H,3-9H2,1-2H3,(H,15,19)(H,17,18)/t10?,11-/m0/s1. The first-order chi connectivity index (χ1) is 8.89. The molecule has 2 fully saturated rings. The summed E-state index contributed by atoms with van der Waals surface area (Å²) < 4.78 is 0. The van der Waals surface area contributed by atoms with Crippen LogP contribution in [0.1, 0.15) is 52.4 Å². The number of carbonyl (C=O) groups is 2. The van der Waals surface area contributed by atoms with Crippen LogP contribution in [-0.4, -0.2) is 40.6 Å². The van der Waals surface area contributed by atoms with Gasteiger partial charge >= 0.3 is 12.0 Å². The van der Waals surface area contributed by atoms with Crippen molar-refractivity contribution < 1.29 is 14.7 Å². The molecule has 1 heterocycles. The quantitative estimate of drug-likeness (QED) is 0.806. The fraction of sp³-hybridized carbons (Fsp3) is 0.857. The van der Waals surface area contributed by atoms with Crippen LogP contribution in [0.2, 0.25) is 0 Å². The molecule has 2 aliphatic rings. The van der Waals surface area contributed by atoms with Gasteiger partial charge in [-0.15, -0.1) is 0 Å². The van der Waals surface area contributed by atoms with Crippen LogP contribution >= 0.6 is 0 Å². The Hall–Kier alpha value is -1.26. The lowest BCUT2D eigenvalue weighted by Crippen LogP contribution is -2.50. The van der Waals surface area contributed by atoms with Gasteiger partial charge < -0.3 is 15.3 Å². The van der Waals surface area contributed by atoms with Gasteiger partial charge in [-0.2, -0.15) is 0 Å². The maximum Gasteiger partial charge on any atom is 0.326 e. The summed E-state index contributed by atoms with van der Waals surface area (Å²) in [6.45, 7) is 5.00. The monoisotopic (exact) mass is 268 g/mol. The van der Waals surface area contributed by atoms with E-state index in [0.717, 1.165) is 25.7 Å². The Balaban J connectivity index is 1.92. The topological polar surface area (TPSA) is 69.6 Å². The SMILES string of the molecule is CC1(C)CCCC(NC(=O)N2CCC[C@H]2C(=O)O)C1. The minimum atomic E-state index is -0.892. The molecule has 0 aromatic heterocycles. The number of carbonyl (C=O) groups excluding carboxylic acids is 1. The lowest BCUT2D eigenvalue weighted by Gasteiger charge is -2.36. The lowest BCUT2D eigenvalue weighted by molar-refractivity contribution is -0.141. The molecule has 2 amide bonds. The van der Waals surface area contributed by atoms with Crippen molar-refractivity contribution >= 4 is 12.0 Å². The third-order valence-corrected chi connectivity index (χ3v) is 4.33. The van der Waals surface area contributed by atoms with Crippen molar-refractivity contribution in [2.24, 2.45) is 5.41 Å². The van der Waals surface area contributed by atoms with E-state index >= 15 is 0 Å². The van der Waals surface area contributed by atoms with E-state index < -0.39 is 12.0 Å². The molecule has 5 heteroatoms. The van der Waals surface area contributed by atoms with Crippen LogP contribution in [0.15, 0.2) is 0 Å².